The second kappa shape index (κ2) is 14.0. The van der Waals surface area contributed by atoms with Crippen LogP contribution in [0.3, 0.4) is 0 Å². The number of hydrogen-bond acceptors (Lipinski definition) is 16. The van der Waals surface area contributed by atoms with E-state index in [1.165, 1.54) is 0 Å². The largest absolute Gasteiger partial charge is 0.394 e. The molecule has 2 amide bonds. The molecule has 3 fully saturated rings. The highest BCUT2D eigenvalue weighted by Crippen LogP contribution is 2.32. The van der Waals surface area contributed by atoms with E-state index in [1.807, 2.05) is 0 Å². The van der Waals surface area contributed by atoms with Gasteiger partial charge < -0.3 is 80.3 Å². The predicted molar refractivity (Wildman–Crippen MR) is 124 cm³/mol. The maximum absolute atomic E-state index is 11.7. The molecular weight excluding hydrogens is 548 g/mol. The highest BCUT2D eigenvalue weighted by Gasteiger charge is 2.54. The van der Waals surface area contributed by atoms with Crippen molar-refractivity contribution in [3.05, 3.63) is 0 Å². The van der Waals surface area contributed by atoms with Crippen LogP contribution in [-0.2, 0) is 33.3 Å². The van der Waals surface area contributed by atoms with Gasteiger partial charge in [-0.05, 0) is 0 Å². The van der Waals surface area contributed by atoms with E-state index in [1.54, 1.807) is 0 Å². The molecule has 232 valence electrons. The van der Waals surface area contributed by atoms with Crippen LogP contribution in [0, 0.1) is 0 Å². The van der Waals surface area contributed by atoms with Crippen molar-refractivity contribution in [1.29, 1.82) is 0 Å². The molecule has 3 saturated heterocycles. The molecule has 18 nitrogen and oxygen atoms in total. The van der Waals surface area contributed by atoms with E-state index in [2.05, 4.69) is 10.6 Å². The van der Waals surface area contributed by atoms with E-state index in [0.29, 0.717) is 0 Å². The molecule has 40 heavy (non-hydrogen) atoms. The van der Waals surface area contributed by atoms with Crippen molar-refractivity contribution >= 4 is 11.8 Å². The fourth-order valence-electron chi connectivity index (χ4n) is 4.86. The summed E-state index contributed by atoms with van der Waals surface area (Å²) in [5.41, 5.74) is 0. The molecule has 0 spiro atoms. The van der Waals surface area contributed by atoms with Crippen molar-refractivity contribution in [2.24, 2.45) is 0 Å². The van der Waals surface area contributed by atoms with E-state index in [-0.39, 0.29) is 0 Å². The Balaban J connectivity index is 1.81. The molecule has 3 aliphatic rings. The van der Waals surface area contributed by atoms with Gasteiger partial charge in [0, 0.05) is 13.8 Å². The van der Waals surface area contributed by atoms with Gasteiger partial charge in [-0.15, -0.1) is 0 Å². The number of nitrogens with one attached hydrogen (secondary N) is 2. The van der Waals surface area contributed by atoms with Crippen molar-refractivity contribution in [1.82, 2.24) is 10.6 Å². The normalized spacial score (nSPS) is 46.0. The molecule has 3 heterocycles. The fourth-order valence-corrected chi connectivity index (χ4v) is 4.86. The van der Waals surface area contributed by atoms with Gasteiger partial charge in [-0.1, -0.05) is 0 Å². The third-order valence-electron chi connectivity index (χ3n) is 6.90. The number of carbonyl (C=O) groups is 2. The molecule has 0 radical (unpaired) electrons. The first-order chi connectivity index (χ1) is 18.8. The molecule has 0 unspecified atom stereocenters. The summed E-state index contributed by atoms with van der Waals surface area (Å²) in [6.07, 6.45) is -21.2. The minimum Gasteiger partial charge on any atom is -0.394 e. The zero-order valence-corrected chi connectivity index (χ0v) is 21.7. The molecule has 0 aromatic rings. The molecule has 0 bridgehead atoms. The molecule has 3 rings (SSSR count). The van der Waals surface area contributed by atoms with Gasteiger partial charge in [0.05, 0.1) is 19.8 Å². The number of ether oxygens (including phenoxy) is 5. The Bertz CT molecular complexity index is 852. The van der Waals surface area contributed by atoms with Crippen molar-refractivity contribution in [2.45, 2.75) is 106 Å². The highest BCUT2D eigenvalue weighted by molar-refractivity contribution is 5.73. The van der Waals surface area contributed by atoms with Crippen molar-refractivity contribution in [3.63, 3.8) is 0 Å². The molecule has 11 N–H and O–H groups in total. The Morgan fingerprint density at radius 2 is 1.10 bits per heavy atom. The first-order valence-electron chi connectivity index (χ1n) is 12.6. The van der Waals surface area contributed by atoms with E-state index in [9.17, 15) is 55.5 Å². The maximum atomic E-state index is 11.7. The van der Waals surface area contributed by atoms with Crippen LogP contribution >= 0.6 is 0 Å². The summed E-state index contributed by atoms with van der Waals surface area (Å²) in [6, 6.07) is -2.80. The molecule has 15 atom stereocenters. The molecule has 0 aliphatic carbocycles. The Hall–Kier alpha value is -1.62. The van der Waals surface area contributed by atoms with Gasteiger partial charge in [0.15, 0.2) is 18.9 Å². The van der Waals surface area contributed by atoms with Crippen LogP contribution in [-0.4, -0.2) is 170 Å². The molecule has 0 aromatic carbocycles. The average molecular weight is 587 g/mol. The monoisotopic (exact) mass is 586 g/mol. The quantitative estimate of drug-likeness (QED) is 0.120. The predicted octanol–water partition coefficient (Wildman–Crippen LogP) is -7.29. The van der Waals surface area contributed by atoms with Crippen LogP contribution in [0.25, 0.3) is 0 Å². The number of rotatable bonds is 9. The van der Waals surface area contributed by atoms with Crippen LogP contribution in [0.5, 0.6) is 0 Å². The summed E-state index contributed by atoms with van der Waals surface area (Å²) < 4.78 is 27.5. The molecule has 3 aliphatic heterocycles. The lowest BCUT2D eigenvalue weighted by Gasteiger charge is -2.49. The van der Waals surface area contributed by atoms with E-state index < -0.39 is 124 Å². The second-order valence-corrected chi connectivity index (χ2v) is 9.81. The third kappa shape index (κ3) is 7.05. The molecule has 0 aromatic heterocycles. The Morgan fingerprint density at radius 1 is 0.600 bits per heavy atom. The van der Waals surface area contributed by atoms with Crippen molar-refractivity contribution in [3.8, 4) is 0 Å². The van der Waals surface area contributed by atoms with Crippen LogP contribution in [0.1, 0.15) is 13.8 Å². The Morgan fingerprint density at radius 3 is 1.65 bits per heavy atom. The van der Waals surface area contributed by atoms with Gasteiger partial charge in [0.1, 0.15) is 73.1 Å². The lowest BCUT2D eigenvalue weighted by Crippen LogP contribution is -2.69. The summed E-state index contributed by atoms with van der Waals surface area (Å²) in [7, 11) is 0. The van der Waals surface area contributed by atoms with Gasteiger partial charge in [-0.2, -0.15) is 0 Å². The minimum absolute atomic E-state index is 0.641. The maximum Gasteiger partial charge on any atom is 0.217 e. The van der Waals surface area contributed by atoms with Gasteiger partial charge in [0.2, 0.25) is 11.8 Å². The van der Waals surface area contributed by atoms with E-state index in [4.69, 9.17) is 23.7 Å². The first-order valence-corrected chi connectivity index (χ1v) is 12.6. The molecule has 0 saturated carbocycles. The number of amides is 2. The smallest absolute Gasteiger partial charge is 0.217 e. The Labute approximate surface area is 228 Å². The van der Waals surface area contributed by atoms with Gasteiger partial charge in [-0.25, -0.2) is 0 Å². The minimum atomic E-state index is -1.95. The van der Waals surface area contributed by atoms with Crippen molar-refractivity contribution < 1.29 is 79.2 Å². The molecule has 18 heteroatoms. The van der Waals surface area contributed by atoms with Gasteiger partial charge in [-0.3, -0.25) is 9.59 Å². The van der Waals surface area contributed by atoms with Crippen LogP contribution in [0.2, 0.25) is 0 Å². The standard InChI is InChI=1S/C22H38N2O16/c1-6(28)23-11-15(32)13(30)8(3-25)37-21(11)39-18-10(5-27)38-22(17(34)16(18)33)40-19-12(24-7(2)29)20(35)36-9(4-26)14(19)31/h8-22,25-27,30-35H,3-5H2,1-2H3,(H,23,28)(H,24,29)/t8-,9-,10-,11-,12-,13-,14-,15-,16-,17+,18-,19-,20-,21+,22+/m1/s1. The summed E-state index contributed by atoms with van der Waals surface area (Å²) >= 11 is 0. The SMILES string of the molecule is CC(=O)N[C@@H]1[C@@H](O[C@@H]2O[C@H](CO)[C@@H](O[C@@H]3O[C@H](CO)[C@@H](O)[C@H](O)[C@H]3NC(C)=O)[C@H](O)[C@@H]2O)[C@H](O)[C@@H](CO)O[C@H]1O. The summed E-state index contributed by atoms with van der Waals surface area (Å²) in [6.45, 7) is -0.101. The topological polar surface area (TPSA) is 286 Å². The summed E-state index contributed by atoms with van der Waals surface area (Å²) in [5, 5.41) is 96.9. The summed E-state index contributed by atoms with van der Waals surface area (Å²) in [5.74, 6) is -1.28. The van der Waals surface area contributed by atoms with Crippen molar-refractivity contribution in [2.75, 3.05) is 19.8 Å². The van der Waals surface area contributed by atoms with Crippen LogP contribution in [0.15, 0.2) is 0 Å². The van der Waals surface area contributed by atoms with Gasteiger partial charge >= 0.3 is 0 Å². The van der Waals surface area contributed by atoms with E-state index in [0.717, 1.165) is 13.8 Å². The molecular formula is C22H38N2O16. The summed E-state index contributed by atoms with van der Waals surface area (Å²) in [4.78, 5) is 23.3. The second-order valence-electron chi connectivity index (χ2n) is 9.81. The number of hydrogen-bond donors (Lipinski definition) is 11. The zero-order valence-electron chi connectivity index (χ0n) is 21.7. The zero-order chi connectivity index (χ0) is 29.9. The average Bonchev–Trinajstić information content (AvgIpc) is 2.90. The van der Waals surface area contributed by atoms with Gasteiger partial charge in [0.25, 0.3) is 0 Å². The first kappa shape index (κ1) is 32.9. The third-order valence-corrected chi connectivity index (χ3v) is 6.90. The fraction of sp³-hybridized carbons (Fsp3) is 0.909. The van der Waals surface area contributed by atoms with E-state index >= 15 is 0 Å². The highest BCUT2D eigenvalue weighted by atomic mass is 16.7. The Kier molecular flexibility index (Phi) is 11.5. The number of carbonyl (C=O) groups excluding carboxylic acids is 2. The lowest BCUT2D eigenvalue weighted by atomic mass is 9.94. The van der Waals surface area contributed by atoms with Crippen LogP contribution in [0.4, 0.5) is 0 Å². The number of aliphatic hydroxyl groups excluding tert-OH is 9. The lowest BCUT2D eigenvalue weighted by molar-refractivity contribution is -0.364. The van der Waals surface area contributed by atoms with Crippen LogP contribution < -0.4 is 10.6 Å². The number of aliphatic hydroxyl groups is 9.